The molecule has 0 saturated carbocycles. The van der Waals surface area contributed by atoms with Crippen LogP contribution in [-0.4, -0.2) is 54.6 Å². The molecule has 0 bridgehead atoms. The van der Waals surface area contributed by atoms with Crippen molar-refractivity contribution in [2.45, 2.75) is 44.1 Å². The van der Waals surface area contributed by atoms with Crippen LogP contribution in [0.15, 0.2) is 4.52 Å². The molecular weight excluding hydrogens is 298 g/mol. The number of anilines is 1. The Labute approximate surface area is 135 Å². The smallest absolute Gasteiger partial charge is 0.323 e. The summed E-state index contributed by atoms with van der Waals surface area (Å²) in [5.41, 5.74) is 0.879. The summed E-state index contributed by atoms with van der Waals surface area (Å²) in [4.78, 5) is 14.3. The molecule has 7 heteroatoms. The second-order valence-corrected chi connectivity index (χ2v) is 6.64. The van der Waals surface area contributed by atoms with Crippen LogP contribution >= 0.6 is 0 Å². The summed E-state index contributed by atoms with van der Waals surface area (Å²) >= 11 is 0. The van der Waals surface area contributed by atoms with Crippen molar-refractivity contribution >= 4 is 11.8 Å². The van der Waals surface area contributed by atoms with Crippen LogP contribution in [0.1, 0.15) is 37.0 Å². The minimum atomic E-state index is -0.192. The Morgan fingerprint density at radius 3 is 2.78 bits per heavy atom. The van der Waals surface area contributed by atoms with E-state index in [1.165, 1.54) is 0 Å². The van der Waals surface area contributed by atoms with Crippen LogP contribution in [0, 0.1) is 0 Å². The van der Waals surface area contributed by atoms with Gasteiger partial charge < -0.3 is 18.9 Å². The first-order valence-electron chi connectivity index (χ1n) is 8.51. The lowest BCUT2D eigenvalue weighted by Crippen LogP contribution is -2.53. The molecule has 1 spiro atoms. The Balaban J connectivity index is 1.36. The third kappa shape index (κ3) is 2.95. The van der Waals surface area contributed by atoms with Crippen LogP contribution in [0.3, 0.4) is 0 Å². The number of urea groups is 1. The van der Waals surface area contributed by atoms with Gasteiger partial charge >= 0.3 is 6.03 Å². The molecule has 4 rings (SSSR count). The highest BCUT2D eigenvalue weighted by Crippen LogP contribution is 2.30. The Kier molecular flexibility index (Phi) is 3.98. The van der Waals surface area contributed by atoms with Gasteiger partial charge in [-0.1, -0.05) is 5.16 Å². The van der Waals surface area contributed by atoms with E-state index in [-0.39, 0.29) is 11.6 Å². The zero-order chi connectivity index (χ0) is 15.7. The zero-order valence-electron chi connectivity index (χ0n) is 13.3. The first-order chi connectivity index (χ1) is 11.3. The number of ether oxygens (including phenoxy) is 2. The lowest BCUT2D eigenvalue weighted by molar-refractivity contribution is -0.173. The molecular formula is C16H23N3O4. The van der Waals surface area contributed by atoms with E-state index in [2.05, 4.69) is 10.5 Å². The molecule has 2 aliphatic heterocycles. The Morgan fingerprint density at radius 2 is 2.00 bits per heavy atom. The Bertz CT molecular complexity index is 570. The maximum atomic E-state index is 12.5. The summed E-state index contributed by atoms with van der Waals surface area (Å²) in [5, 5.41) is 6.96. The standard InChI is InChI=1S/C16H23N3O4/c20-15(17-14-12-3-1-2-4-13(12)23-18-14)19-7-5-16(6-8-19)11-21-9-10-22-16/h1-11H2,(H,17,18,20). The summed E-state index contributed by atoms with van der Waals surface area (Å²) in [7, 11) is 0. The number of piperidine rings is 1. The summed E-state index contributed by atoms with van der Waals surface area (Å²) in [6, 6.07) is -0.0988. The van der Waals surface area contributed by atoms with Crippen LogP contribution < -0.4 is 5.32 Å². The number of nitrogens with zero attached hydrogens (tertiary/aromatic N) is 2. The maximum absolute atomic E-state index is 12.5. The van der Waals surface area contributed by atoms with Crippen molar-refractivity contribution in [1.82, 2.24) is 10.1 Å². The van der Waals surface area contributed by atoms with Gasteiger partial charge in [0, 0.05) is 25.1 Å². The fourth-order valence-electron chi connectivity index (χ4n) is 3.69. The van der Waals surface area contributed by atoms with Gasteiger partial charge in [-0.3, -0.25) is 5.32 Å². The molecule has 1 N–H and O–H groups in total. The number of likely N-dealkylation sites (tertiary alicyclic amines) is 1. The van der Waals surface area contributed by atoms with Gasteiger partial charge in [0.15, 0.2) is 5.82 Å². The van der Waals surface area contributed by atoms with Gasteiger partial charge in [-0.05, 0) is 32.1 Å². The van der Waals surface area contributed by atoms with Crippen molar-refractivity contribution < 1.29 is 18.8 Å². The van der Waals surface area contributed by atoms with Crippen molar-refractivity contribution in [3.63, 3.8) is 0 Å². The first kappa shape index (κ1) is 15.0. The molecule has 3 heterocycles. The molecule has 2 fully saturated rings. The quantitative estimate of drug-likeness (QED) is 0.856. The van der Waals surface area contributed by atoms with E-state index in [4.69, 9.17) is 14.0 Å². The molecule has 1 aliphatic carbocycles. The molecule has 7 nitrogen and oxygen atoms in total. The van der Waals surface area contributed by atoms with E-state index < -0.39 is 0 Å². The number of hydrogen-bond acceptors (Lipinski definition) is 5. The maximum Gasteiger partial charge on any atom is 0.323 e. The molecule has 2 saturated heterocycles. The summed E-state index contributed by atoms with van der Waals surface area (Å²) in [6.45, 7) is 3.31. The Morgan fingerprint density at radius 1 is 1.17 bits per heavy atom. The number of fused-ring (bicyclic) bond motifs is 1. The van der Waals surface area contributed by atoms with Gasteiger partial charge in [0.25, 0.3) is 0 Å². The highest BCUT2D eigenvalue weighted by atomic mass is 16.6. The van der Waals surface area contributed by atoms with E-state index >= 15 is 0 Å². The number of aryl methyl sites for hydroxylation is 1. The highest BCUT2D eigenvalue weighted by molar-refractivity contribution is 5.89. The van der Waals surface area contributed by atoms with E-state index in [9.17, 15) is 4.79 Å². The highest BCUT2D eigenvalue weighted by Gasteiger charge is 2.39. The lowest BCUT2D eigenvalue weighted by Gasteiger charge is -2.43. The molecule has 2 amide bonds. The average Bonchev–Trinajstić information content (AvgIpc) is 2.99. The number of carbonyl (C=O) groups is 1. The average molecular weight is 321 g/mol. The molecule has 0 aromatic carbocycles. The van der Waals surface area contributed by atoms with Crippen LogP contribution in [0.25, 0.3) is 0 Å². The molecule has 0 atom stereocenters. The summed E-state index contributed by atoms with van der Waals surface area (Å²) in [5.74, 6) is 1.53. The fraction of sp³-hybridized carbons (Fsp3) is 0.750. The number of aromatic nitrogens is 1. The number of carbonyl (C=O) groups excluding carboxylic acids is 1. The number of amides is 2. The van der Waals surface area contributed by atoms with E-state index in [1.807, 2.05) is 4.90 Å². The number of rotatable bonds is 1. The summed E-state index contributed by atoms with van der Waals surface area (Å²) in [6.07, 6.45) is 5.74. The van der Waals surface area contributed by atoms with Gasteiger partial charge in [-0.15, -0.1) is 0 Å². The van der Waals surface area contributed by atoms with Crippen molar-refractivity contribution in [1.29, 1.82) is 0 Å². The van der Waals surface area contributed by atoms with Gasteiger partial charge in [-0.2, -0.15) is 0 Å². The predicted octanol–water partition coefficient (Wildman–Crippen LogP) is 1.97. The van der Waals surface area contributed by atoms with E-state index in [0.29, 0.717) is 38.7 Å². The topological polar surface area (TPSA) is 76.8 Å². The second kappa shape index (κ2) is 6.13. The van der Waals surface area contributed by atoms with E-state index in [0.717, 1.165) is 49.8 Å². The van der Waals surface area contributed by atoms with Crippen LogP contribution in [0.2, 0.25) is 0 Å². The number of hydrogen-bond donors (Lipinski definition) is 1. The first-order valence-corrected chi connectivity index (χ1v) is 8.51. The monoisotopic (exact) mass is 321 g/mol. The minimum absolute atomic E-state index is 0.0988. The van der Waals surface area contributed by atoms with Gasteiger partial charge in [-0.25, -0.2) is 4.79 Å². The van der Waals surface area contributed by atoms with Crippen LogP contribution in [0.5, 0.6) is 0 Å². The second-order valence-electron chi connectivity index (χ2n) is 6.64. The lowest BCUT2D eigenvalue weighted by atomic mass is 9.91. The SMILES string of the molecule is O=C(Nc1noc2c1CCCC2)N1CCC2(CC1)COCCO2. The molecule has 0 unspecified atom stereocenters. The van der Waals surface area contributed by atoms with Crippen molar-refractivity contribution in [3.8, 4) is 0 Å². The zero-order valence-corrected chi connectivity index (χ0v) is 13.3. The number of nitrogens with one attached hydrogen (secondary N) is 1. The third-order valence-corrected chi connectivity index (χ3v) is 5.14. The van der Waals surface area contributed by atoms with Crippen LogP contribution in [-0.2, 0) is 22.3 Å². The van der Waals surface area contributed by atoms with Crippen molar-refractivity contribution in [3.05, 3.63) is 11.3 Å². The minimum Gasteiger partial charge on any atom is -0.376 e. The summed E-state index contributed by atoms with van der Waals surface area (Å²) < 4.78 is 16.8. The fourth-order valence-corrected chi connectivity index (χ4v) is 3.69. The predicted molar refractivity (Wildman–Crippen MR) is 82.5 cm³/mol. The normalized spacial score (nSPS) is 23.6. The van der Waals surface area contributed by atoms with Crippen molar-refractivity contribution in [2.24, 2.45) is 0 Å². The molecule has 126 valence electrons. The molecule has 23 heavy (non-hydrogen) atoms. The molecule has 1 aromatic rings. The van der Waals surface area contributed by atoms with Crippen LogP contribution in [0.4, 0.5) is 10.6 Å². The third-order valence-electron chi connectivity index (χ3n) is 5.14. The largest absolute Gasteiger partial charge is 0.376 e. The van der Waals surface area contributed by atoms with Gasteiger partial charge in [0.05, 0.1) is 25.4 Å². The molecule has 0 radical (unpaired) electrons. The Hall–Kier alpha value is -1.60. The molecule has 1 aromatic heterocycles. The van der Waals surface area contributed by atoms with Gasteiger partial charge in [0.2, 0.25) is 0 Å². The van der Waals surface area contributed by atoms with Gasteiger partial charge in [0.1, 0.15) is 5.76 Å². The molecule has 3 aliphatic rings. The van der Waals surface area contributed by atoms with E-state index in [1.54, 1.807) is 0 Å². The van der Waals surface area contributed by atoms with Crippen molar-refractivity contribution in [2.75, 3.05) is 38.2 Å².